The fraction of sp³-hybridized carbons (Fsp3) is 0.273. The molecule has 9 heteroatoms. The number of carbonyl (C=O) groups excluding carboxylic acids is 1. The van der Waals surface area contributed by atoms with Crippen molar-refractivity contribution in [2.75, 3.05) is 18.1 Å². The van der Waals surface area contributed by atoms with Gasteiger partial charge in [0.2, 0.25) is 11.9 Å². The highest BCUT2D eigenvalue weighted by molar-refractivity contribution is 7.90. The van der Waals surface area contributed by atoms with E-state index in [1.165, 1.54) is 0 Å². The standard InChI is InChI=1S/C22H22N6O2S/c1-31(30)18-12-5-3-9-15(18)19-26-20-14-8-2-4-10-16(14)24-22(28(20)27-19)25-17-11-6-7-13-23-21(17)29/h2-5,8-10,12,17H,6-7,11,13H2,1H3,(H,23,29)(H,24,25)/t17-,31?/m1/s1. The summed E-state index contributed by atoms with van der Waals surface area (Å²) in [7, 11) is 0. The summed E-state index contributed by atoms with van der Waals surface area (Å²) in [6.07, 6.45) is 4.28. The fourth-order valence-electron chi connectivity index (χ4n) is 3.90. The number of nitrogens with one attached hydrogen (secondary N) is 2. The highest BCUT2D eigenvalue weighted by Crippen LogP contribution is 2.28. The molecule has 5 rings (SSSR count). The Labute approximate surface area is 182 Å². The minimum absolute atomic E-state index is 0.0346. The number of amides is 1. The van der Waals surface area contributed by atoms with Gasteiger partial charge in [-0.05, 0) is 54.7 Å². The zero-order valence-corrected chi connectivity index (χ0v) is 17.9. The maximum absolute atomic E-state index is 12.5. The van der Waals surface area contributed by atoms with Crippen LogP contribution in [0.15, 0.2) is 53.4 Å². The summed E-state index contributed by atoms with van der Waals surface area (Å²) < 4.78 is 13.9. The van der Waals surface area contributed by atoms with E-state index in [2.05, 4.69) is 10.6 Å². The predicted molar refractivity (Wildman–Crippen MR) is 120 cm³/mol. The van der Waals surface area contributed by atoms with Gasteiger partial charge in [0.05, 0.1) is 11.1 Å². The zero-order chi connectivity index (χ0) is 21.4. The Morgan fingerprint density at radius 1 is 1.13 bits per heavy atom. The van der Waals surface area contributed by atoms with Crippen molar-refractivity contribution in [2.24, 2.45) is 0 Å². The first-order valence-electron chi connectivity index (χ1n) is 10.2. The van der Waals surface area contributed by atoms with Crippen LogP contribution in [0.5, 0.6) is 0 Å². The van der Waals surface area contributed by atoms with E-state index in [9.17, 15) is 9.35 Å². The summed E-state index contributed by atoms with van der Waals surface area (Å²) >= 11 is -1.18. The van der Waals surface area contributed by atoms with E-state index in [-0.39, 0.29) is 11.9 Å². The van der Waals surface area contributed by atoms with Gasteiger partial charge < -0.3 is 15.2 Å². The van der Waals surface area contributed by atoms with Crippen LogP contribution in [0.4, 0.5) is 5.95 Å². The number of rotatable bonds is 4. The highest BCUT2D eigenvalue weighted by Gasteiger charge is 2.24. The molecule has 3 heterocycles. The predicted octanol–water partition coefficient (Wildman–Crippen LogP) is 2.76. The number of carbonyl (C=O) groups is 1. The molecule has 0 saturated carbocycles. The number of aromatic nitrogens is 4. The third-order valence-corrected chi connectivity index (χ3v) is 6.43. The quantitative estimate of drug-likeness (QED) is 0.478. The molecule has 4 aromatic rings. The van der Waals surface area contributed by atoms with Gasteiger partial charge in [-0.3, -0.25) is 4.79 Å². The van der Waals surface area contributed by atoms with Crippen LogP contribution < -0.4 is 10.6 Å². The van der Waals surface area contributed by atoms with E-state index >= 15 is 0 Å². The van der Waals surface area contributed by atoms with Gasteiger partial charge in [-0.15, -0.1) is 5.10 Å². The Balaban J connectivity index is 1.68. The lowest BCUT2D eigenvalue weighted by atomic mass is 10.1. The first-order valence-corrected chi connectivity index (χ1v) is 11.8. The van der Waals surface area contributed by atoms with Crippen molar-refractivity contribution in [3.8, 4) is 11.4 Å². The summed E-state index contributed by atoms with van der Waals surface area (Å²) in [5, 5.41) is 11.8. The summed E-state index contributed by atoms with van der Waals surface area (Å²) in [6, 6.07) is 14.7. The second-order valence-electron chi connectivity index (χ2n) is 7.56. The van der Waals surface area contributed by atoms with Gasteiger partial charge in [-0.1, -0.05) is 24.3 Å². The molecule has 1 unspecified atom stereocenters. The van der Waals surface area contributed by atoms with Gasteiger partial charge in [-0.2, -0.15) is 4.52 Å². The summed E-state index contributed by atoms with van der Waals surface area (Å²) in [4.78, 5) is 22.7. The van der Waals surface area contributed by atoms with Crippen LogP contribution in [0.25, 0.3) is 27.9 Å². The summed E-state index contributed by atoms with van der Waals surface area (Å²) in [5.74, 6) is 0.898. The van der Waals surface area contributed by atoms with Gasteiger partial charge in [0.15, 0.2) is 16.4 Å². The van der Waals surface area contributed by atoms with Crippen LogP contribution in [-0.2, 0) is 16.0 Å². The summed E-state index contributed by atoms with van der Waals surface area (Å²) in [5.41, 5.74) is 2.11. The van der Waals surface area contributed by atoms with Gasteiger partial charge in [0.25, 0.3) is 0 Å². The molecule has 2 aromatic carbocycles. The molecule has 1 aliphatic rings. The Morgan fingerprint density at radius 3 is 2.81 bits per heavy atom. The van der Waals surface area contributed by atoms with Gasteiger partial charge in [0, 0.05) is 11.9 Å². The first kappa shape index (κ1) is 19.8. The van der Waals surface area contributed by atoms with Crippen LogP contribution in [0, 0.1) is 0 Å². The maximum atomic E-state index is 12.5. The second kappa shape index (κ2) is 8.16. The van der Waals surface area contributed by atoms with E-state index in [4.69, 9.17) is 15.1 Å². The maximum Gasteiger partial charge on any atom is 0.242 e. The minimum Gasteiger partial charge on any atom is -0.612 e. The lowest BCUT2D eigenvalue weighted by molar-refractivity contribution is -0.121. The molecule has 0 spiro atoms. The van der Waals surface area contributed by atoms with E-state index in [0.717, 1.165) is 30.2 Å². The molecule has 1 aliphatic heterocycles. The molecule has 2 atom stereocenters. The Bertz CT molecular complexity index is 1270. The Hall–Kier alpha value is -3.17. The third kappa shape index (κ3) is 3.70. The van der Waals surface area contributed by atoms with Crippen LogP contribution >= 0.6 is 0 Å². The van der Waals surface area contributed by atoms with Gasteiger partial charge >= 0.3 is 0 Å². The molecular weight excluding hydrogens is 412 g/mol. The number of hydrogen-bond acceptors (Lipinski definition) is 6. The van der Waals surface area contributed by atoms with E-state index < -0.39 is 11.2 Å². The number of para-hydroxylation sites is 1. The van der Waals surface area contributed by atoms with Crippen LogP contribution in [-0.4, -0.2) is 48.9 Å². The normalized spacial score (nSPS) is 18.0. The Kier molecular flexibility index (Phi) is 5.21. The molecule has 158 valence electrons. The summed E-state index contributed by atoms with van der Waals surface area (Å²) in [6.45, 7) is 0.690. The van der Waals surface area contributed by atoms with E-state index in [1.54, 1.807) is 10.8 Å². The van der Waals surface area contributed by atoms with Crippen LogP contribution in [0.3, 0.4) is 0 Å². The number of anilines is 1. The third-order valence-electron chi connectivity index (χ3n) is 5.46. The molecular formula is C22H22N6O2S. The largest absolute Gasteiger partial charge is 0.612 e. The molecule has 0 bridgehead atoms. The SMILES string of the molecule is C[S+]([O-])c1ccccc1-c1nc2c3ccccc3nc(N[C@@H]3CCCCNC3=O)n2n1. The molecule has 0 radical (unpaired) electrons. The second-order valence-corrected chi connectivity index (χ2v) is 8.91. The average molecular weight is 435 g/mol. The topological polar surface area (TPSA) is 107 Å². The minimum atomic E-state index is -1.18. The van der Waals surface area contributed by atoms with Crippen molar-refractivity contribution >= 4 is 39.6 Å². The van der Waals surface area contributed by atoms with Crippen molar-refractivity contribution in [3.63, 3.8) is 0 Å². The smallest absolute Gasteiger partial charge is 0.242 e. The van der Waals surface area contributed by atoms with Gasteiger partial charge in [-0.25, -0.2) is 9.97 Å². The molecule has 2 aromatic heterocycles. The monoisotopic (exact) mass is 434 g/mol. The zero-order valence-electron chi connectivity index (χ0n) is 17.0. The molecule has 2 N–H and O–H groups in total. The number of fused-ring (bicyclic) bond motifs is 3. The highest BCUT2D eigenvalue weighted by atomic mass is 32.2. The molecule has 1 amide bonds. The molecule has 0 aliphatic carbocycles. The van der Waals surface area contributed by atoms with Crippen molar-refractivity contribution < 1.29 is 9.35 Å². The first-order chi connectivity index (χ1) is 15.1. The molecule has 1 fully saturated rings. The number of nitrogens with zero attached hydrogens (tertiary/aromatic N) is 4. The molecule has 1 saturated heterocycles. The van der Waals surface area contributed by atoms with E-state index in [0.29, 0.717) is 34.4 Å². The molecule has 31 heavy (non-hydrogen) atoms. The van der Waals surface area contributed by atoms with Crippen LogP contribution in [0.1, 0.15) is 19.3 Å². The number of benzene rings is 2. The van der Waals surface area contributed by atoms with E-state index in [1.807, 2.05) is 48.5 Å². The lowest BCUT2D eigenvalue weighted by Crippen LogP contribution is -2.38. The molecule has 8 nitrogen and oxygen atoms in total. The van der Waals surface area contributed by atoms with Crippen molar-refractivity contribution in [3.05, 3.63) is 48.5 Å². The van der Waals surface area contributed by atoms with Crippen molar-refractivity contribution in [1.82, 2.24) is 24.9 Å². The van der Waals surface area contributed by atoms with Crippen molar-refractivity contribution in [2.45, 2.75) is 30.2 Å². The van der Waals surface area contributed by atoms with Crippen LogP contribution in [0.2, 0.25) is 0 Å². The number of hydrogen-bond donors (Lipinski definition) is 2. The Morgan fingerprint density at radius 2 is 1.94 bits per heavy atom. The average Bonchev–Trinajstić information content (AvgIpc) is 3.14. The van der Waals surface area contributed by atoms with Gasteiger partial charge in [0.1, 0.15) is 12.3 Å². The van der Waals surface area contributed by atoms with Crippen molar-refractivity contribution in [1.29, 1.82) is 0 Å². The lowest BCUT2D eigenvalue weighted by Gasteiger charge is -2.16. The fourth-order valence-corrected chi connectivity index (χ4v) is 4.64.